The van der Waals surface area contributed by atoms with Crippen LogP contribution in [0.1, 0.15) is 30.5 Å². The van der Waals surface area contributed by atoms with E-state index >= 15 is 0 Å². The molecule has 0 bridgehead atoms. The van der Waals surface area contributed by atoms with Crippen LogP contribution in [0.15, 0.2) is 42.5 Å². The van der Waals surface area contributed by atoms with Crippen LogP contribution in [0.3, 0.4) is 0 Å². The molecule has 0 radical (unpaired) electrons. The van der Waals surface area contributed by atoms with E-state index in [-0.39, 0.29) is 6.04 Å². The lowest BCUT2D eigenvalue weighted by atomic mass is 10.0. The molecule has 0 saturated carbocycles. The van der Waals surface area contributed by atoms with Crippen molar-refractivity contribution in [2.45, 2.75) is 39.7 Å². The predicted molar refractivity (Wildman–Crippen MR) is 84.4 cm³/mol. The van der Waals surface area contributed by atoms with E-state index in [9.17, 15) is 0 Å². The van der Waals surface area contributed by atoms with E-state index in [0.29, 0.717) is 0 Å². The van der Waals surface area contributed by atoms with Crippen LogP contribution in [-0.2, 0) is 12.8 Å². The molecule has 0 aliphatic heterocycles. The van der Waals surface area contributed by atoms with Crippen LogP contribution in [0.25, 0.3) is 0 Å². The van der Waals surface area contributed by atoms with Gasteiger partial charge >= 0.3 is 0 Å². The van der Waals surface area contributed by atoms with E-state index in [1.807, 2.05) is 25.1 Å². The van der Waals surface area contributed by atoms with Crippen molar-refractivity contribution in [1.82, 2.24) is 0 Å². The Morgan fingerprint density at radius 3 is 2.55 bits per heavy atom. The summed E-state index contributed by atoms with van der Waals surface area (Å²) in [5.74, 6) is 1.80. The van der Waals surface area contributed by atoms with Crippen molar-refractivity contribution in [3.05, 3.63) is 59.2 Å². The van der Waals surface area contributed by atoms with Gasteiger partial charge in [0.05, 0.1) is 0 Å². The van der Waals surface area contributed by atoms with Gasteiger partial charge < -0.3 is 10.5 Å². The summed E-state index contributed by atoms with van der Waals surface area (Å²) in [5, 5.41) is 0. The summed E-state index contributed by atoms with van der Waals surface area (Å²) >= 11 is 0. The maximum absolute atomic E-state index is 5.98. The van der Waals surface area contributed by atoms with Crippen LogP contribution < -0.4 is 10.5 Å². The fourth-order valence-corrected chi connectivity index (χ4v) is 2.28. The Balaban J connectivity index is 2.16. The topological polar surface area (TPSA) is 35.2 Å². The van der Waals surface area contributed by atoms with E-state index in [4.69, 9.17) is 10.5 Å². The highest BCUT2D eigenvalue weighted by molar-refractivity contribution is 5.40. The molecule has 0 amide bonds. The normalized spacial score (nSPS) is 12.2. The van der Waals surface area contributed by atoms with Gasteiger partial charge in [-0.2, -0.15) is 0 Å². The first kappa shape index (κ1) is 14.6. The van der Waals surface area contributed by atoms with Gasteiger partial charge in [0.15, 0.2) is 0 Å². The molecule has 0 aliphatic rings. The lowest BCUT2D eigenvalue weighted by Crippen LogP contribution is -2.17. The molecule has 2 nitrogen and oxygen atoms in total. The van der Waals surface area contributed by atoms with Crippen molar-refractivity contribution >= 4 is 0 Å². The number of hydrogen-bond donors (Lipinski definition) is 1. The zero-order chi connectivity index (χ0) is 14.5. The molecule has 106 valence electrons. The third kappa shape index (κ3) is 3.84. The number of nitrogens with two attached hydrogens (primary N) is 1. The van der Waals surface area contributed by atoms with Crippen molar-refractivity contribution in [3.63, 3.8) is 0 Å². The Morgan fingerprint density at radius 2 is 1.90 bits per heavy atom. The minimum Gasteiger partial charge on any atom is -0.457 e. The van der Waals surface area contributed by atoms with Crippen molar-refractivity contribution in [1.29, 1.82) is 0 Å². The summed E-state index contributed by atoms with van der Waals surface area (Å²) in [7, 11) is 0. The van der Waals surface area contributed by atoms with Crippen molar-refractivity contribution in [3.8, 4) is 11.5 Å². The molecule has 1 unspecified atom stereocenters. The van der Waals surface area contributed by atoms with E-state index in [0.717, 1.165) is 29.9 Å². The van der Waals surface area contributed by atoms with Gasteiger partial charge in [-0.25, -0.2) is 0 Å². The van der Waals surface area contributed by atoms with Crippen molar-refractivity contribution in [2.75, 3.05) is 0 Å². The van der Waals surface area contributed by atoms with Crippen LogP contribution in [0.2, 0.25) is 0 Å². The smallest absolute Gasteiger partial charge is 0.130 e. The lowest BCUT2D eigenvalue weighted by molar-refractivity contribution is 0.478. The van der Waals surface area contributed by atoms with Crippen LogP contribution in [-0.4, -0.2) is 6.04 Å². The highest BCUT2D eigenvalue weighted by atomic mass is 16.5. The second-order valence-electron chi connectivity index (χ2n) is 5.38. The summed E-state index contributed by atoms with van der Waals surface area (Å²) in [5.41, 5.74) is 9.52. The van der Waals surface area contributed by atoms with Gasteiger partial charge in [-0.15, -0.1) is 0 Å². The average Bonchev–Trinajstić information content (AvgIpc) is 2.41. The molecule has 0 aliphatic carbocycles. The van der Waals surface area contributed by atoms with Gasteiger partial charge in [-0.3, -0.25) is 0 Å². The number of benzene rings is 2. The summed E-state index contributed by atoms with van der Waals surface area (Å²) in [6, 6.07) is 14.7. The molecular formula is C18H23NO. The van der Waals surface area contributed by atoms with Gasteiger partial charge in [0.1, 0.15) is 11.5 Å². The largest absolute Gasteiger partial charge is 0.457 e. The van der Waals surface area contributed by atoms with E-state index in [1.165, 1.54) is 11.1 Å². The zero-order valence-electron chi connectivity index (χ0n) is 12.5. The Hall–Kier alpha value is -1.80. The molecular weight excluding hydrogens is 246 g/mol. The molecule has 2 aromatic rings. The van der Waals surface area contributed by atoms with Crippen molar-refractivity contribution in [2.24, 2.45) is 5.73 Å². The highest BCUT2D eigenvalue weighted by Gasteiger charge is 2.05. The molecule has 1 atom stereocenters. The third-order valence-corrected chi connectivity index (χ3v) is 3.33. The van der Waals surface area contributed by atoms with Gasteiger partial charge in [-0.1, -0.05) is 31.2 Å². The van der Waals surface area contributed by atoms with E-state index in [1.54, 1.807) is 0 Å². The van der Waals surface area contributed by atoms with E-state index < -0.39 is 0 Å². The third-order valence-electron chi connectivity index (χ3n) is 3.33. The fourth-order valence-electron chi connectivity index (χ4n) is 2.28. The monoisotopic (exact) mass is 269 g/mol. The molecule has 0 heterocycles. The maximum Gasteiger partial charge on any atom is 0.130 e. The SMILES string of the molecule is CCc1cccc(Oc2ccc(CC(C)N)cc2C)c1. The zero-order valence-corrected chi connectivity index (χ0v) is 12.5. The Labute approximate surface area is 121 Å². The van der Waals surface area contributed by atoms with Gasteiger partial charge in [0, 0.05) is 6.04 Å². The highest BCUT2D eigenvalue weighted by Crippen LogP contribution is 2.26. The van der Waals surface area contributed by atoms with Crippen molar-refractivity contribution < 1.29 is 4.74 Å². The van der Waals surface area contributed by atoms with Crippen LogP contribution in [0, 0.1) is 6.92 Å². The molecule has 2 rings (SSSR count). The molecule has 2 N–H and O–H groups in total. The van der Waals surface area contributed by atoms with Gasteiger partial charge in [-0.05, 0) is 61.6 Å². The minimum absolute atomic E-state index is 0.183. The fraction of sp³-hybridized carbons (Fsp3) is 0.333. The Bertz CT molecular complexity index is 575. The first-order valence-corrected chi connectivity index (χ1v) is 7.20. The standard InChI is InChI=1S/C18H23NO/c1-4-15-6-5-7-17(12-15)20-18-9-8-16(10-13(18)2)11-14(3)19/h5-10,12,14H,4,11,19H2,1-3H3. The second-order valence-corrected chi connectivity index (χ2v) is 5.38. The number of ether oxygens (including phenoxy) is 1. The molecule has 0 saturated heterocycles. The predicted octanol–water partition coefficient (Wildman–Crippen LogP) is 4.24. The maximum atomic E-state index is 5.98. The minimum atomic E-state index is 0.183. The quantitative estimate of drug-likeness (QED) is 0.881. The molecule has 2 aromatic carbocycles. The summed E-state index contributed by atoms with van der Waals surface area (Å²) < 4.78 is 5.98. The molecule has 0 aromatic heterocycles. The summed E-state index contributed by atoms with van der Waals surface area (Å²) in [6.45, 7) is 6.24. The van der Waals surface area contributed by atoms with Crippen LogP contribution in [0.4, 0.5) is 0 Å². The number of hydrogen-bond acceptors (Lipinski definition) is 2. The summed E-state index contributed by atoms with van der Waals surface area (Å²) in [6.07, 6.45) is 1.91. The van der Waals surface area contributed by atoms with Gasteiger partial charge in [0.25, 0.3) is 0 Å². The number of rotatable bonds is 5. The van der Waals surface area contributed by atoms with Crippen LogP contribution in [0.5, 0.6) is 11.5 Å². The first-order valence-electron chi connectivity index (χ1n) is 7.20. The average molecular weight is 269 g/mol. The molecule has 20 heavy (non-hydrogen) atoms. The van der Waals surface area contributed by atoms with Crippen LogP contribution >= 0.6 is 0 Å². The molecule has 2 heteroatoms. The Morgan fingerprint density at radius 1 is 1.10 bits per heavy atom. The first-order chi connectivity index (χ1) is 9.58. The number of aryl methyl sites for hydroxylation is 2. The summed E-state index contributed by atoms with van der Waals surface area (Å²) in [4.78, 5) is 0. The Kier molecular flexibility index (Phi) is 4.80. The van der Waals surface area contributed by atoms with E-state index in [2.05, 4.69) is 38.1 Å². The molecule has 0 fully saturated rings. The van der Waals surface area contributed by atoms with Gasteiger partial charge in [0.2, 0.25) is 0 Å². The second kappa shape index (κ2) is 6.58. The molecule has 0 spiro atoms. The lowest BCUT2D eigenvalue weighted by Gasteiger charge is -2.12.